The molecule has 0 aromatic rings. The molecule has 0 aliphatic heterocycles. The fourth-order valence-corrected chi connectivity index (χ4v) is 13.1. The number of rotatable bonds is 79. The average Bonchev–Trinajstić information content (AvgIpc) is 3.46. The SMILES string of the molecule is CCCCCCCCCCCCCCCCCCCCCCCCCCCCCCCCCCCCCCCCC(=O)OC(COC(=O)CCCCCCCCCCCCCCCCCCCCCCCCCCCCCC)COC(OCC[N+](C)(C)C)C(=O)O. The van der Waals surface area contributed by atoms with E-state index in [9.17, 15) is 19.5 Å². The molecule has 0 saturated heterocycles. The smallest absolute Gasteiger partial charge is 0.361 e. The van der Waals surface area contributed by atoms with Crippen molar-refractivity contribution in [1.82, 2.24) is 0 Å². The number of ether oxygens (including phenoxy) is 4. The number of carboxylic acids is 1. The van der Waals surface area contributed by atoms with Crippen molar-refractivity contribution in [2.24, 2.45) is 0 Å². The molecule has 0 rings (SSSR count). The van der Waals surface area contributed by atoms with Crippen LogP contribution in [0.15, 0.2) is 0 Å². The maximum Gasteiger partial charge on any atom is 0.361 e. The van der Waals surface area contributed by atoms with E-state index in [2.05, 4.69) is 13.8 Å². The van der Waals surface area contributed by atoms with Gasteiger partial charge in [0.15, 0.2) is 6.10 Å². The predicted molar refractivity (Wildman–Crippen MR) is 392 cm³/mol. The third-order valence-corrected chi connectivity index (χ3v) is 19.4. The molecular formula is C82H162NO8+. The Morgan fingerprint density at radius 1 is 0.286 bits per heavy atom. The van der Waals surface area contributed by atoms with Gasteiger partial charge in [0, 0.05) is 12.8 Å². The van der Waals surface area contributed by atoms with Gasteiger partial charge in [0.25, 0.3) is 6.29 Å². The highest BCUT2D eigenvalue weighted by Gasteiger charge is 2.25. The van der Waals surface area contributed by atoms with Gasteiger partial charge in [-0.1, -0.05) is 425 Å². The number of quaternary nitrogens is 1. The number of aliphatic carboxylic acids is 1. The Bertz CT molecular complexity index is 1450. The molecule has 2 unspecified atom stereocenters. The molecule has 2 atom stereocenters. The second-order valence-corrected chi connectivity index (χ2v) is 29.8. The van der Waals surface area contributed by atoms with Gasteiger partial charge in [0.2, 0.25) is 0 Å². The molecule has 0 aliphatic rings. The van der Waals surface area contributed by atoms with E-state index in [4.69, 9.17) is 18.9 Å². The number of unbranched alkanes of at least 4 members (excludes halogenated alkanes) is 64. The minimum atomic E-state index is -1.51. The van der Waals surface area contributed by atoms with Gasteiger partial charge >= 0.3 is 17.9 Å². The van der Waals surface area contributed by atoms with Gasteiger partial charge in [-0.25, -0.2) is 4.79 Å². The summed E-state index contributed by atoms with van der Waals surface area (Å²) in [5.74, 6) is -1.96. The highest BCUT2D eigenvalue weighted by Crippen LogP contribution is 2.21. The van der Waals surface area contributed by atoms with Crippen LogP contribution >= 0.6 is 0 Å². The van der Waals surface area contributed by atoms with E-state index in [-0.39, 0.29) is 38.2 Å². The Morgan fingerprint density at radius 2 is 0.495 bits per heavy atom. The van der Waals surface area contributed by atoms with Crippen LogP contribution in [0, 0.1) is 0 Å². The van der Waals surface area contributed by atoms with Gasteiger partial charge in [-0.3, -0.25) is 9.59 Å². The molecular weight excluding hydrogens is 1130 g/mol. The molecule has 0 bridgehead atoms. The molecule has 0 aliphatic carbocycles. The van der Waals surface area contributed by atoms with Gasteiger partial charge < -0.3 is 28.5 Å². The maximum absolute atomic E-state index is 13.0. The van der Waals surface area contributed by atoms with Crippen LogP contribution in [0.3, 0.4) is 0 Å². The monoisotopic (exact) mass is 1290 g/mol. The normalized spacial score (nSPS) is 12.5. The molecule has 0 radical (unpaired) electrons. The lowest BCUT2D eigenvalue weighted by Crippen LogP contribution is -2.40. The Labute approximate surface area is 568 Å². The first-order valence-electron chi connectivity index (χ1n) is 41.2. The standard InChI is InChI=1S/C82H161NO8/c1-6-8-10-12-14-16-18-20-22-24-26-28-30-32-34-36-37-38-39-40-41-42-43-44-45-47-49-51-53-55-57-59-61-63-65-67-69-71-73-80(85)91-78(77-90-82(81(86)87)88-75-74-83(3,4)5)76-89-79(84)72-70-68-66-64-62-60-58-56-54-52-50-48-46-35-33-31-29-27-25-23-21-19-17-15-13-11-9-7-2/h78,82H,6-77H2,1-5H3/p+1. The highest BCUT2D eigenvalue weighted by molar-refractivity contribution is 5.71. The number of hydrogen-bond acceptors (Lipinski definition) is 7. The number of nitrogens with zero attached hydrogens (tertiary/aromatic N) is 1. The molecule has 0 aromatic carbocycles. The molecule has 1 N–H and O–H groups in total. The second kappa shape index (κ2) is 74.1. The van der Waals surface area contributed by atoms with Gasteiger partial charge in [0.1, 0.15) is 13.2 Å². The Hall–Kier alpha value is -1.71. The zero-order valence-electron chi connectivity index (χ0n) is 62.3. The first kappa shape index (κ1) is 89.3. The summed E-state index contributed by atoms with van der Waals surface area (Å²) in [5, 5.41) is 9.77. The molecule has 9 nitrogen and oxygen atoms in total. The summed E-state index contributed by atoms with van der Waals surface area (Å²) in [6.07, 6.45) is 88.6. The highest BCUT2D eigenvalue weighted by atomic mass is 16.7. The molecule has 542 valence electrons. The van der Waals surface area contributed by atoms with Crippen molar-refractivity contribution < 1.29 is 42.9 Å². The van der Waals surface area contributed by atoms with Crippen molar-refractivity contribution in [3.05, 3.63) is 0 Å². The molecule has 91 heavy (non-hydrogen) atoms. The lowest BCUT2D eigenvalue weighted by Gasteiger charge is -2.25. The van der Waals surface area contributed by atoms with Gasteiger partial charge in [-0.2, -0.15) is 0 Å². The summed E-state index contributed by atoms with van der Waals surface area (Å²) in [5.41, 5.74) is 0. The summed E-state index contributed by atoms with van der Waals surface area (Å²) in [7, 11) is 6.01. The summed E-state index contributed by atoms with van der Waals surface area (Å²) < 4.78 is 23.1. The number of carbonyl (C=O) groups excluding carboxylic acids is 2. The van der Waals surface area contributed by atoms with Crippen LogP contribution < -0.4 is 0 Å². The average molecular weight is 1290 g/mol. The third-order valence-electron chi connectivity index (χ3n) is 19.4. The van der Waals surface area contributed by atoms with E-state index in [1.807, 2.05) is 21.1 Å². The Kier molecular flexibility index (Phi) is 72.7. The third kappa shape index (κ3) is 75.5. The molecule has 0 fully saturated rings. The van der Waals surface area contributed by atoms with Crippen molar-refractivity contribution in [2.45, 2.75) is 463 Å². The predicted octanol–water partition coefficient (Wildman–Crippen LogP) is 26.2. The quantitative estimate of drug-likeness (QED) is 0.0278. The van der Waals surface area contributed by atoms with E-state index in [0.29, 0.717) is 17.4 Å². The number of esters is 2. The molecule has 0 heterocycles. The molecule has 9 heteroatoms. The van der Waals surface area contributed by atoms with Crippen LogP contribution in [-0.4, -0.2) is 87.4 Å². The van der Waals surface area contributed by atoms with Gasteiger partial charge in [-0.15, -0.1) is 0 Å². The Balaban J connectivity index is 3.92. The summed E-state index contributed by atoms with van der Waals surface area (Å²) in [4.78, 5) is 37.7. The summed E-state index contributed by atoms with van der Waals surface area (Å²) in [6, 6.07) is 0. The van der Waals surface area contributed by atoms with Crippen LogP contribution in [0.25, 0.3) is 0 Å². The van der Waals surface area contributed by atoms with E-state index in [0.717, 1.165) is 38.5 Å². The lowest BCUT2D eigenvalue weighted by molar-refractivity contribution is -0.870. The van der Waals surface area contributed by atoms with Crippen LogP contribution in [0.4, 0.5) is 0 Å². The summed E-state index contributed by atoms with van der Waals surface area (Å²) in [6.45, 7) is 4.99. The molecule has 0 amide bonds. The van der Waals surface area contributed by atoms with Crippen LogP contribution in [0.5, 0.6) is 0 Å². The molecule has 0 saturated carbocycles. The number of hydrogen-bond donors (Lipinski definition) is 1. The zero-order chi connectivity index (χ0) is 66.1. The lowest BCUT2D eigenvalue weighted by atomic mass is 10.0. The zero-order valence-corrected chi connectivity index (χ0v) is 62.3. The topological polar surface area (TPSA) is 108 Å². The van der Waals surface area contributed by atoms with Gasteiger partial charge in [0.05, 0.1) is 34.4 Å². The largest absolute Gasteiger partial charge is 0.477 e. The fourth-order valence-electron chi connectivity index (χ4n) is 13.1. The van der Waals surface area contributed by atoms with Crippen LogP contribution in [0.1, 0.15) is 450 Å². The van der Waals surface area contributed by atoms with Crippen LogP contribution in [0.2, 0.25) is 0 Å². The minimum absolute atomic E-state index is 0.172. The van der Waals surface area contributed by atoms with E-state index >= 15 is 0 Å². The summed E-state index contributed by atoms with van der Waals surface area (Å²) >= 11 is 0. The fraction of sp³-hybridized carbons (Fsp3) is 0.963. The Morgan fingerprint density at radius 3 is 0.703 bits per heavy atom. The number of carboxylic acid groups (broad SMARTS) is 1. The van der Waals surface area contributed by atoms with E-state index < -0.39 is 18.4 Å². The van der Waals surface area contributed by atoms with Crippen molar-refractivity contribution >= 4 is 17.9 Å². The van der Waals surface area contributed by atoms with Crippen molar-refractivity contribution in [1.29, 1.82) is 0 Å². The maximum atomic E-state index is 13.0. The van der Waals surface area contributed by atoms with Crippen molar-refractivity contribution in [2.75, 3.05) is 47.5 Å². The molecule has 0 spiro atoms. The first-order valence-corrected chi connectivity index (χ1v) is 41.2. The van der Waals surface area contributed by atoms with Crippen molar-refractivity contribution in [3.8, 4) is 0 Å². The number of carbonyl (C=O) groups is 3. The first-order chi connectivity index (χ1) is 44.6. The van der Waals surface area contributed by atoms with Gasteiger partial charge in [-0.05, 0) is 12.8 Å². The van der Waals surface area contributed by atoms with Crippen molar-refractivity contribution in [3.63, 3.8) is 0 Å². The molecule has 0 aromatic heterocycles. The van der Waals surface area contributed by atoms with E-state index in [1.54, 1.807) is 0 Å². The van der Waals surface area contributed by atoms with E-state index in [1.165, 1.54) is 385 Å². The second-order valence-electron chi connectivity index (χ2n) is 29.8. The number of likely N-dealkylation sites (N-methyl/N-ethyl adjacent to an activating group) is 1. The minimum Gasteiger partial charge on any atom is -0.477 e. The van der Waals surface area contributed by atoms with Crippen LogP contribution in [-0.2, 0) is 33.3 Å².